The average Bonchev–Trinajstić information content (AvgIpc) is 3.13. The van der Waals surface area contributed by atoms with Gasteiger partial charge in [0.25, 0.3) is 0 Å². The zero-order valence-electron chi connectivity index (χ0n) is 13.5. The lowest BCUT2D eigenvalue weighted by Crippen LogP contribution is -2.29. The lowest BCUT2D eigenvalue weighted by Gasteiger charge is -2.38. The van der Waals surface area contributed by atoms with Crippen LogP contribution in [0.25, 0.3) is 10.8 Å². The minimum Gasteiger partial charge on any atom is -0.377 e. The number of anilines is 1. The van der Waals surface area contributed by atoms with Gasteiger partial charge < -0.3 is 5.32 Å². The van der Waals surface area contributed by atoms with Crippen LogP contribution in [0.2, 0.25) is 10.0 Å². The van der Waals surface area contributed by atoms with Gasteiger partial charge >= 0.3 is 0 Å². The molecule has 3 heteroatoms. The highest BCUT2D eigenvalue weighted by molar-refractivity contribution is 6.42. The summed E-state index contributed by atoms with van der Waals surface area (Å²) in [4.78, 5) is 0. The molecule has 1 aliphatic carbocycles. The summed E-state index contributed by atoms with van der Waals surface area (Å²) >= 11 is 12.9. The van der Waals surface area contributed by atoms with Crippen LogP contribution >= 0.6 is 23.2 Å². The molecule has 0 unspecified atom stereocenters. The monoisotopic (exact) mass is 365 g/mol. The fourth-order valence-electron chi connectivity index (χ4n) is 4.41. The first kappa shape index (κ1) is 15.3. The van der Waals surface area contributed by atoms with E-state index in [1.807, 2.05) is 12.1 Å². The zero-order valence-corrected chi connectivity index (χ0v) is 15.1. The van der Waals surface area contributed by atoms with Crippen molar-refractivity contribution >= 4 is 39.7 Å². The Balaban J connectivity index is 1.72. The minimum atomic E-state index is 0.157. The lowest BCUT2D eigenvalue weighted by atomic mass is 9.76. The number of nitrogens with one attached hydrogen (secondary N) is 1. The number of rotatable bonds is 1. The Morgan fingerprint density at radius 1 is 0.880 bits per heavy atom. The summed E-state index contributed by atoms with van der Waals surface area (Å²) in [5, 5.41) is 7.61. The Labute approximate surface area is 157 Å². The third kappa shape index (κ3) is 2.30. The van der Waals surface area contributed by atoms with Crippen molar-refractivity contribution in [3.63, 3.8) is 0 Å². The van der Waals surface area contributed by atoms with E-state index in [0.717, 1.165) is 12.0 Å². The third-order valence-electron chi connectivity index (χ3n) is 5.58. The lowest BCUT2D eigenvalue weighted by molar-refractivity contribution is 0.426. The topological polar surface area (TPSA) is 12.0 Å². The van der Waals surface area contributed by atoms with Crippen molar-refractivity contribution in [3.8, 4) is 0 Å². The molecule has 1 nitrogen and oxygen atoms in total. The van der Waals surface area contributed by atoms with Gasteiger partial charge in [-0.15, -0.1) is 0 Å². The maximum absolute atomic E-state index is 6.57. The van der Waals surface area contributed by atoms with Crippen molar-refractivity contribution in [2.45, 2.75) is 18.4 Å². The van der Waals surface area contributed by atoms with E-state index in [0.29, 0.717) is 21.9 Å². The predicted molar refractivity (Wildman–Crippen MR) is 107 cm³/mol. The molecular formula is C22H17Cl2N. The van der Waals surface area contributed by atoms with Gasteiger partial charge in [0.05, 0.1) is 16.1 Å². The fourth-order valence-corrected chi connectivity index (χ4v) is 4.83. The number of benzene rings is 3. The van der Waals surface area contributed by atoms with Crippen molar-refractivity contribution in [2.75, 3.05) is 5.32 Å². The van der Waals surface area contributed by atoms with E-state index in [1.165, 1.54) is 22.0 Å². The average molecular weight is 366 g/mol. The molecule has 25 heavy (non-hydrogen) atoms. The van der Waals surface area contributed by atoms with Gasteiger partial charge in [0.1, 0.15) is 0 Å². The molecule has 3 atom stereocenters. The SMILES string of the molecule is Clc1cccc([C@@H]2Nc3c(ccc4ccccc34)[C@H]3C=CC[C@H]32)c1Cl. The molecule has 2 aliphatic rings. The highest BCUT2D eigenvalue weighted by Gasteiger charge is 2.39. The van der Waals surface area contributed by atoms with Crippen molar-refractivity contribution < 1.29 is 0 Å². The molecule has 0 spiro atoms. The molecule has 1 N–H and O–H groups in total. The minimum absolute atomic E-state index is 0.157. The summed E-state index contributed by atoms with van der Waals surface area (Å²) in [6, 6.07) is 19.1. The Hall–Kier alpha value is -1.96. The summed E-state index contributed by atoms with van der Waals surface area (Å²) in [6.07, 6.45) is 5.70. The molecule has 124 valence electrons. The summed E-state index contributed by atoms with van der Waals surface area (Å²) in [7, 11) is 0. The molecule has 0 radical (unpaired) electrons. The van der Waals surface area contributed by atoms with Gasteiger partial charge in [-0.3, -0.25) is 0 Å². The highest BCUT2D eigenvalue weighted by atomic mass is 35.5. The van der Waals surface area contributed by atoms with E-state index in [4.69, 9.17) is 23.2 Å². The van der Waals surface area contributed by atoms with Crippen molar-refractivity contribution in [2.24, 2.45) is 5.92 Å². The normalized spacial score (nSPS) is 24.0. The zero-order chi connectivity index (χ0) is 17.0. The molecule has 0 bridgehead atoms. The number of hydrogen-bond donors (Lipinski definition) is 1. The largest absolute Gasteiger partial charge is 0.377 e. The second kappa shape index (κ2) is 5.79. The Morgan fingerprint density at radius 3 is 2.68 bits per heavy atom. The van der Waals surface area contributed by atoms with Gasteiger partial charge in [-0.05, 0) is 34.9 Å². The summed E-state index contributed by atoms with van der Waals surface area (Å²) in [6.45, 7) is 0. The predicted octanol–water partition coefficient (Wildman–Crippen LogP) is 6.97. The number of fused-ring (bicyclic) bond motifs is 5. The Kier molecular flexibility index (Phi) is 3.55. The van der Waals surface area contributed by atoms with Crippen LogP contribution < -0.4 is 5.32 Å². The van der Waals surface area contributed by atoms with Crippen LogP contribution in [0.1, 0.15) is 29.5 Å². The first-order valence-electron chi connectivity index (χ1n) is 8.63. The molecule has 0 saturated heterocycles. The van der Waals surface area contributed by atoms with Crippen LogP contribution in [0.4, 0.5) is 5.69 Å². The molecule has 3 aromatic rings. The van der Waals surface area contributed by atoms with Gasteiger partial charge in [0.15, 0.2) is 0 Å². The van der Waals surface area contributed by atoms with E-state index in [-0.39, 0.29) is 6.04 Å². The smallest absolute Gasteiger partial charge is 0.0645 e. The summed E-state index contributed by atoms with van der Waals surface area (Å²) < 4.78 is 0. The molecule has 3 aromatic carbocycles. The summed E-state index contributed by atoms with van der Waals surface area (Å²) in [5.74, 6) is 0.880. The molecule has 0 saturated carbocycles. The maximum Gasteiger partial charge on any atom is 0.0645 e. The van der Waals surface area contributed by atoms with E-state index >= 15 is 0 Å². The van der Waals surface area contributed by atoms with Gasteiger partial charge in [0, 0.05) is 17.0 Å². The van der Waals surface area contributed by atoms with Gasteiger partial charge in [-0.25, -0.2) is 0 Å². The molecule has 0 aromatic heterocycles. The second-order valence-corrected chi connectivity index (χ2v) is 7.65. The molecule has 0 amide bonds. The summed E-state index contributed by atoms with van der Waals surface area (Å²) in [5.41, 5.74) is 3.70. The highest BCUT2D eigenvalue weighted by Crippen LogP contribution is 2.52. The van der Waals surface area contributed by atoms with Crippen LogP contribution in [-0.4, -0.2) is 0 Å². The van der Waals surface area contributed by atoms with E-state index in [9.17, 15) is 0 Å². The van der Waals surface area contributed by atoms with Gasteiger partial charge in [0.2, 0.25) is 0 Å². The Morgan fingerprint density at radius 2 is 1.76 bits per heavy atom. The number of hydrogen-bond acceptors (Lipinski definition) is 1. The molecule has 5 rings (SSSR count). The molecule has 0 fully saturated rings. The molecule has 1 heterocycles. The molecular weight excluding hydrogens is 349 g/mol. The number of halogens is 2. The maximum atomic E-state index is 6.57. The standard InChI is InChI=1S/C22H17Cl2N/c23-19-10-4-9-18(20(19)24)22-16-8-3-7-15(16)17-12-11-13-5-1-2-6-14(13)21(17)25-22/h1-7,9-12,15-16,22,25H,8H2/t15-,16+,22+/m0/s1. The van der Waals surface area contributed by atoms with Crippen LogP contribution in [0.5, 0.6) is 0 Å². The fraction of sp³-hybridized carbons (Fsp3) is 0.182. The van der Waals surface area contributed by atoms with Crippen LogP contribution in [0.3, 0.4) is 0 Å². The van der Waals surface area contributed by atoms with Crippen molar-refractivity contribution in [1.82, 2.24) is 0 Å². The van der Waals surface area contributed by atoms with Crippen LogP contribution in [0, 0.1) is 5.92 Å². The van der Waals surface area contributed by atoms with E-state index in [2.05, 4.69) is 59.9 Å². The van der Waals surface area contributed by atoms with Gasteiger partial charge in [-0.2, -0.15) is 0 Å². The first-order valence-corrected chi connectivity index (χ1v) is 9.38. The van der Waals surface area contributed by atoms with E-state index in [1.54, 1.807) is 0 Å². The second-order valence-electron chi connectivity index (χ2n) is 6.87. The van der Waals surface area contributed by atoms with Crippen molar-refractivity contribution in [3.05, 3.63) is 87.9 Å². The van der Waals surface area contributed by atoms with Crippen LogP contribution in [-0.2, 0) is 0 Å². The quantitative estimate of drug-likeness (QED) is 0.459. The Bertz CT molecular complexity index is 1010. The van der Waals surface area contributed by atoms with Gasteiger partial charge in [-0.1, -0.05) is 83.9 Å². The molecule has 1 aliphatic heterocycles. The van der Waals surface area contributed by atoms with Crippen molar-refractivity contribution in [1.29, 1.82) is 0 Å². The third-order valence-corrected chi connectivity index (χ3v) is 6.41. The number of allylic oxidation sites excluding steroid dienone is 2. The van der Waals surface area contributed by atoms with Crippen LogP contribution in [0.15, 0.2) is 66.7 Å². The van der Waals surface area contributed by atoms with E-state index < -0.39 is 0 Å². The first-order chi connectivity index (χ1) is 12.2.